The van der Waals surface area contributed by atoms with Crippen molar-refractivity contribution < 1.29 is 20.1 Å². The number of H-pyrrole nitrogens is 1. The number of pyridine rings is 1. The summed E-state index contributed by atoms with van der Waals surface area (Å²) in [7, 11) is 0. The predicted molar refractivity (Wildman–Crippen MR) is 139 cm³/mol. The zero-order chi connectivity index (χ0) is 25.7. The highest BCUT2D eigenvalue weighted by Crippen LogP contribution is 2.23. The highest BCUT2D eigenvalue weighted by molar-refractivity contribution is 5.98. The van der Waals surface area contributed by atoms with E-state index in [9.17, 15) is 20.1 Å². The van der Waals surface area contributed by atoms with Crippen LogP contribution in [0.25, 0.3) is 10.9 Å². The van der Waals surface area contributed by atoms with Gasteiger partial charge in [-0.1, -0.05) is 18.2 Å². The minimum atomic E-state index is -0.763. The molecule has 0 bridgehead atoms. The molecule has 188 valence electrons. The molecule has 4 aromatic rings. The fourth-order valence-electron chi connectivity index (χ4n) is 4.19. The number of aliphatic hydroxyl groups is 2. The Balaban J connectivity index is 1.33. The normalized spacial score (nSPS) is 13.0. The first-order chi connectivity index (χ1) is 17.3. The first kappa shape index (κ1) is 25.4. The monoisotopic (exact) mass is 488 g/mol. The molecule has 0 radical (unpaired) electrons. The Morgan fingerprint density at radius 1 is 1.14 bits per heavy atom. The van der Waals surface area contributed by atoms with E-state index in [1.165, 1.54) is 6.07 Å². The fraction of sp³-hybridized carbons (Fsp3) is 0.286. The molecule has 8 nitrogen and oxygen atoms in total. The van der Waals surface area contributed by atoms with Gasteiger partial charge < -0.3 is 30.9 Å². The Morgan fingerprint density at radius 3 is 2.75 bits per heavy atom. The third-order valence-corrected chi connectivity index (χ3v) is 6.32. The van der Waals surface area contributed by atoms with E-state index in [1.54, 1.807) is 18.3 Å². The topological polar surface area (TPSA) is 130 Å². The van der Waals surface area contributed by atoms with E-state index in [0.29, 0.717) is 29.9 Å². The van der Waals surface area contributed by atoms with Gasteiger partial charge in [-0.15, -0.1) is 0 Å². The fourth-order valence-corrected chi connectivity index (χ4v) is 4.19. The molecule has 1 amide bonds. The summed E-state index contributed by atoms with van der Waals surface area (Å²) < 4.78 is 0. The van der Waals surface area contributed by atoms with Crippen LogP contribution < -0.4 is 10.6 Å². The molecular weight excluding hydrogens is 456 g/mol. The van der Waals surface area contributed by atoms with Crippen molar-refractivity contribution in [1.82, 2.24) is 20.6 Å². The highest BCUT2D eigenvalue weighted by atomic mass is 16.3. The smallest absolute Gasteiger partial charge is 0.268 e. The summed E-state index contributed by atoms with van der Waals surface area (Å²) in [6.45, 7) is 4.43. The lowest BCUT2D eigenvalue weighted by molar-refractivity contribution is 0.0946. The number of aromatic amines is 1. The van der Waals surface area contributed by atoms with E-state index < -0.39 is 6.10 Å². The summed E-state index contributed by atoms with van der Waals surface area (Å²) >= 11 is 0. The summed E-state index contributed by atoms with van der Waals surface area (Å²) in [4.78, 5) is 20.1. The quantitative estimate of drug-likeness (QED) is 0.203. The van der Waals surface area contributed by atoms with Gasteiger partial charge in [-0.2, -0.15) is 0 Å². The predicted octanol–water partition coefficient (Wildman–Crippen LogP) is 3.25. The van der Waals surface area contributed by atoms with Crippen LogP contribution in [0.2, 0.25) is 0 Å². The Morgan fingerprint density at radius 2 is 1.97 bits per heavy atom. The van der Waals surface area contributed by atoms with E-state index in [4.69, 9.17) is 0 Å². The van der Waals surface area contributed by atoms with Crippen molar-refractivity contribution in [3.8, 4) is 5.75 Å². The van der Waals surface area contributed by atoms with Gasteiger partial charge in [0.05, 0.1) is 24.9 Å². The molecule has 6 N–H and O–H groups in total. The van der Waals surface area contributed by atoms with Crippen LogP contribution in [0.15, 0.2) is 60.8 Å². The molecule has 36 heavy (non-hydrogen) atoms. The van der Waals surface area contributed by atoms with Crippen molar-refractivity contribution in [3.05, 3.63) is 94.4 Å². The number of amides is 1. The van der Waals surface area contributed by atoms with Crippen LogP contribution in [-0.4, -0.2) is 43.8 Å². The number of nitrogens with zero attached hydrogens (tertiary/aromatic N) is 1. The molecule has 0 fully saturated rings. The number of aromatic nitrogens is 2. The Bertz CT molecular complexity index is 1350. The molecule has 0 unspecified atom stereocenters. The molecule has 0 saturated heterocycles. The first-order valence-electron chi connectivity index (χ1n) is 12.0. The van der Waals surface area contributed by atoms with Crippen LogP contribution in [0.1, 0.15) is 51.5 Å². The number of phenols is 1. The number of aromatic hydroxyl groups is 1. The Labute approximate surface area is 210 Å². The first-order valence-corrected chi connectivity index (χ1v) is 12.0. The van der Waals surface area contributed by atoms with Crippen LogP contribution in [0.4, 0.5) is 0 Å². The molecule has 8 heteroatoms. The number of fused-ring (bicyclic) bond motifs is 1. The van der Waals surface area contributed by atoms with Crippen LogP contribution in [-0.2, 0) is 19.6 Å². The minimum Gasteiger partial charge on any atom is -0.508 e. The molecule has 4 rings (SSSR count). The average molecular weight is 489 g/mol. The number of carbonyl (C=O) groups is 1. The van der Waals surface area contributed by atoms with Crippen molar-refractivity contribution in [2.75, 3.05) is 6.54 Å². The van der Waals surface area contributed by atoms with Gasteiger partial charge in [-0.05, 0) is 73.4 Å². The van der Waals surface area contributed by atoms with E-state index in [2.05, 4.69) is 26.7 Å². The van der Waals surface area contributed by atoms with Crippen LogP contribution >= 0.6 is 0 Å². The van der Waals surface area contributed by atoms with E-state index >= 15 is 0 Å². The third-order valence-electron chi connectivity index (χ3n) is 6.32. The average Bonchev–Trinajstić information content (AvgIpc) is 3.30. The van der Waals surface area contributed by atoms with Crippen molar-refractivity contribution in [2.24, 2.45) is 0 Å². The highest BCUT2D eigenvalue weighted by Gasteiger charge is 2.14. The number of hydrogen-bond acceptors (Lipinski definition) is 6. The second-order valence-electron chi connectivity index (χ2n) is 9.13. The van der Waals surface area contributed by atoms with Crippen LogP contribution in [0, 0.1) is 6.92 Å². The van der Waals surface area contributed by atoms with Crippen molar-refractivity contribution in [1.29, 1.82) is 0 Å². The van der Waals surface area contributed by atoms with Gasteiger partial charge in [-0.3, -0.25) is 9.78 Å². The van der Waals surface area contributed by atoms with E-state index in [0.717, 1.165) is 34.1 Å². The summed E-state index contributed by atoms with van der Waals surface area (Å²) in [5, 5.41) is 36.7. The van der Waals surface area contributed by atoms with Gasteiger partial charge in [0.2, 0.25) is 0 Å². The number of aliphatic hydroxyl groups excluding tert-OH is 2. The number of carbonyl (C=O) groups excluding carboxylic acids is 1. The zero-order valence-corrected chi connectivity index (χ0v) is 20.5. The third kappa shape index (κ3) is 6.09. The van der Waals surface area contributed by atoms with Crippen LogP contribution in [0.3, 0.4) is 0 Å². The number of aryl methyl sites for hydroxylation is 1. The largest absolute Gasteiger partial charge is 0.508 e. The molecule has 2 atom stereocenters. The minimum absolute atomic E-state index is 0.0128. The zero-order valence-electron chi connectivity index (χ0n) is 20.5. The van der Waals surface area contributed by atoms with E-state index in [1.807, 2.05) is 44.2 Å². The number of hydrogen-bond donors (Lipinski definition) is 6. The lowest BCUT2D eigenvalue weighted by Gasteiger charge is -2.18. The maximum absolute atomic E-state index is 12.7. The van der Waals surface area contributed by atoms with Gasteiger partial charge >= 0.3 is 0 Å². The van der Waals surface area contributed by atoms with Gasteiger partial charge in [0, 0.05) is 35.2 Å². The van der Waals surface area contributed by atoms with Gasteiger partial charge in [0.25, 0.3) is 5.91 Å². The molecular formula is C28H32N4O4. The maximum atomic E-state index is 12.7. The molecule has 0 aliphatic carbocycles. The maximum Gasteiger partial charge on any atom is 0.268 e. The summed E-state index contributed by atoms with van der Waals surface area (Å²) in [5.74, 6) is -0.167. The lowest BCUT2D eigenvalue weighted by Crippen LogP contribution is -2.32. The molecule has 0 aliphatic rings. The van der Waals surface area contributed by atoms with E-state index in [-0.39, 0.29) is 24.3 Å². The van der Waals surface area contributed by atoms with Gasteiger partial charge in [-0.25, -0.2) is 0 Å². The summed E-state index contributed by atoms with van der Waals surface area (Å²) in [6.07, 6.45) is 1.70. The lowest BCUT2D eigenvalue weighted by atomic mass is 10.0. The molecule has 0 spiro atoms. The summed E-state index contributed by atoms with van der Waals surface area (Å²) in [6, 6.07) is 16.6. The molecule has 0 aliphatic heterocycles. The van der Waals surface area contributed by atoms with Gasteiger partial charge in [0.1, 0.15) is 11.4 Å². The number of benzene rings is 2. The molecule has 2 aromatic carbocycles. The standard InChI is InChI=1S/C28H32N4O4/c1-17-4-3-9-29-25(17)14-31-28(36)24-13-21-11-19(5-7-23(21)32-24)10-18(2)30-15-27(35)20-6-8-26(34)22(12-20)16-33/h3-9,11-13,18,27,30,32-35H,10,14-16H2,1-2H3,(H,31,36)/t18-,27+/m1/s1. The SMILES string of the molecule is Cc1cccnc1CNC(=O)c1cc2cc(C[C@@H](C)NC[C@H](O)c3ccc(O)c(CO)c3)ccc2[nH]1. The Kier molecular flexibility index (Phi) is 8.00. The van der Waals surface area contributed by atoms with Gasteiger partial charge in [0.15, 0.2) is 0 Å². The molecule has 2 heterocycles. The second kappa shape index (κ2) is 11.3. The Hall–Kier alpha value is -3.72. The summed E-state index contributed by atoms with van der Waals surface area (Å²) in [5.41, 5.74) is 5.40. The molecule has 0 saturated carbocycles. The number of rotatable bonds is 10. The number of nitrogens with one attached hydrogen (secondary N) is 3. The van der Waals surface area contributed by atoms with Crippen LogP contribution in [0.5, 0.6) is 5.75 Å². The second-order valence-corrected chi connectivity index (χ2v) is 9.13. The van der Waals surface area contributed by atoms with Crippen molar-refractivity contribution >= 4 is 16.8 Å². The van der Waals surface area contributed by atoms with Crippen molar-refractivity contribution in [3.63, 3.8) is 0 Å². The molecule has 2 aromatic heterocycles. The van der Waals surface area contributed by atoms with Crippen molar-refractivity contribution in [2.45, 2.75) is 45.6 Å².